The maximum Gasteiger partial charge on any atom is 0.416 e. The van der Waals surface area contributed by atoms with Crippen LogP contribution in [-0.4, -0.2) is 28.2 Å². The summed E-state index contributed by atoms with van der Waals surface area (Å²) in [5, 5.41) is 17.7. The van der Waals surface area contributed by atoms with Crippen LogP contribution in [0.25, 0.3) is 5.69 Å². The predicted molar refractivity (Wildman–Crippen MR) is 122 cm³/mol. The predicted octanol–water partition coefficient (Wildman–Crippen LogP) is 4.89. The number of hydrogen-bond acceptors (Lipinski definition) is 5. The van der Waals surface area contributed by atoms with Crippen molar-refractivity contribution in [3.63, 3.8) is 0 Å². The van der Waals surface area contributed by atoms with Gasteiger partial charge < -0.3 is 9.88 Å². The van der Waals surface area contributed by atoms with Gasteiger partial charge in [0.1, 0.15) is 0 Å². The van der Waals surface area contributed by atoms with Crippen LogP contribution in [0.3, 0.4) is 0 Å². The van der Waals surface area contributed by atoms with Crippen molar-refractivity contribution < 1.29 is 22.9 Å². The van der Waals surface area contributed by atoms with Gasteiger partial charge >= 0.3 is 6.18 Å². The Labute approximate surface area is 193 Å². The number of alkyl halides is 3. The highest BCUT2D eigenvalue weighted by Crippen LogP contribution is 2.30. The summed E-state index contributed by atoms with van der Waals surface area (Å²) in [5.41, 5.74) is 5.43. The summed E-state index contributed by atoms with van der Waals surface area (Å²) < 4.78 is 40.2. The molecule has 8 nitrogen and oxygen atoms in total. The van der Waals surface area contributed by atoms with E-state index < -0.39 is 22.6 Å². The lowest BCUT2D eigenvalue weighted by Gasteiger charge is -2.12. The van der Waals surface area contributed by atoms with Crippen LogP contribution < -0.4 is 10.7 Å². The van der Waals surface area contributed by atoms with Gasteiger partial charge in [0.25, 0.3) is 11.6 Å². The Bertz CT molecular complexity index is 1270. The molecule has 2 N–H and O–H groups in total. The average molecular weight is 473 g/mol. The molecule has 0 unspecified atom stereocenters. The number of aromatic nitrogens is 1. The summed E-state index contributed by atoms with van der Waals surface area (Å²) in [6.45, 7) is 5.25. The second-order valence-electron chi connectivity index (χ2n) is 7.62. The quantitative estimate of drug-likeness (QED) is 0.290. The molecular weight excluding hydrogens is 451 g/mol. The molecule has 34 heavy (non-hydrogen) atoms. The Morgan fingerprint density at radius 2 is 1.88 bits per heavy atom. The molecule has 0 atom stereocenters. The standard InChI is InChI=1S/C23H22F3N5O3/c1-14-7-8-20(31(33)34)11-21(14)30-15(2)9-17(16(30)3)12-28-29-22(32)13-27-19-6-4-5-18(10-19)23(24,25)26/h4-12,27H,13H2,1-3H3,(H,29,32)/b28-12-. The average Bonchev–Trinajstić information content (AvgIpc) is 3.05. The van der Waals surface area contributed by atoms with Gasteiger partial charge in [-0.1, -0.05) is 12.1 Å². The van der Waals surface area contributed by atoms with Gasteiger partial charge in [-0.15, -0.1) is 0 Å². The minimum absolute atomic E-state index is 0.0242. The molecule has 3 aromatic rings. The Morgan fingerprint density at radius 1 is 1.15 bits per heavy atom. The molecule has 1 amide bonds. The number of carbonyl (C=O) groups is 1. The number of benzene rings is 2. The Morgan fingerprint density at radius 3 is 2.56 bits per heavy atom. The third kappa shape index (κ3) is 5.61. The van der Waals surface area contributed by atoms with Crippen molar-refractivity contribution in [1.82, 2.24) is 9.99 Å². The van der Waals surface area contributed by atoms with E-state index in [4.69, 9.17) is 0 Å². The smallest absolute Gasteiger partial charge is 0.376 e. The Balaban J connectivity index is 1.68. The summed E-state index contributed by atoms with van der Waals surface area (Å²) in [4.78, 5) is 22.7. The molecular formula is C23H22F3N5O3. The molecule has 178 valence electrons. The van der Waals surface area contributed by atoms with Crippen molar-refractivity contribution in [3.8, 4) is 5.69 Å². The van der Waals surface area contributed by atoms with Crippen LogP contribution in [0.15, 0.2) is 53.6 Å². The number of carbonyl (C=O) groups excluding carboxylic acids is 1. The van der Waals surface area contributed by atoms with Gasteiger partial charge in [0.05, 0.1) is 28.9 Å². The fourth-order valence-corrected chi connectivity index (χ4v) is 3.44. The van der Waals surface area contributed by atoms with Gasteiger partial charge in [0.2, 0.25) is 0 Å². The highest BCUT2D eigenvalue weighted by Gasteiger charge is 2.30. The van der Waals surface area contributed by atoms with E-state index in [1.54, 1.807) is 6.07 Å². The maximum atomic E-state index is 12.8. The van der Waals surface area contributed by atoms with Gasteiger partial charge in [-0.05, 0) is 50.6 Å². The third-order valence-electron chi connectivity index (χ3n) is 5.15. The molecule has 2 aromatic carbocycles. The molecule has 0 fully saturated rings. The van der Waals surface area contributed by atoms with Crippen LogP contribution in [0.5, 0.6) is 0 Å². The second kappa shape index (κ2) is 9.77. The molecule has 1 aromatic heterocycles. The number of nitro benzene ring substituents is 1. The van der Waals surface area contributed by atoms with E-state index in [1.165, 1.54) is 30.5 Å². The van der Waals surface area contributed by atoms with Gasteiger partial charge in [0, 0.05) is 34.8 Å². The fraction of sp³-hybridized carbons (Fsp3) is 0.217. The van der Waals surface area contributed by atoms with Crippen molar-refractivity contribution in [1.29, 1.82) is 0 Å². The van der Waals surface area contributed by atoms with Crippen LogP contribution in [0.4, 0.5) is 24.5 Å². The van der Waals surface area contributed by atoms with E-state index in [-0.39, 0.29) is 17.9 Å². The van der Waals surface area contributed by atoms with Crippen molar-refractivity contribution >= 4 is 23.5 Å². The number of aryl methyl sites for hydroxylation is 2. The lowest BCUT2D eigenvalue weighted by molar-refractivity contribution is -0.384. The summed E-state index contributed by atoms with van der Waals surface area (Å²) in [6.07, 6.45) is -3.03. The first kappa shape index (κ1) is 24.5. The van der Waals surface area contributed by atoms with Gasteiger partial charge in [-0.3, -0.25) is 14.9 Å². The number of rotatable bonds is 7. The first-order chi connectivity index (χ1) is 16.0. The lowest BCUT2D eigenvalue weighted by Crippen LogP contribution is -2.26. The first-order valence-corrected chi connectivity index (χ1v) is 10.1. The molecule has 0 aliphatic heterocycles. The molecule has 0 saturated heterocycles. The Hall–Kier alpha value is -4.15. The molecule has 0 radical (unpaired) electrons. The SMILES string of the molecule is Cc1ccc([N+](=O)[O-])cc1-n1c(C)cc(/C=N\NC(=O)CNc2cccc(C(F)(F)F)c2)c1C. The largest absolute Gasteiger partial charge is 0.416 e. The van der Waals surface area contributed by atoms with Crippen LogP contribution in [0, 0.1) is 30.9 Å². The van der Waals surface area contributed by atoms with Crippen molar-refractivity contribution in [2.45, 2.75) is 26.9 Å². The topological polar surface area (TPSA) is 102 Å². The van der Waals surface area contributed by atoms with Crippen LogP contribution in [0.1, 0.15) is 28.1 Å². The maximum absolute atomic E-state index is 12.8. The number of non-ortho nitro benzene ring substituents is 1. The van der Waals surface area contributed by atoms with Crippen molar-refractivity contribution in [2.24, 2.45) is 5.10 Å². The second-order valence-corrected chi connectivity index (χ2v) is 7.62. The monoisotopic (exact) mass is 473 g/mol. The highest BCUT2D eigenvalue weighted by atomic mass is 19.4. The third-order valence-corrected chi connectivity index (χ3v) is 5.15. The highest BCUT2D eigenvalue weighted by molar-refractivity contribution is 5.85. The molecule has 11 heteroatoms. The van der Waals surface area contributed by atoms with Crippen LogP contribution in [-0.2, 0) is 11.0 Å². The zero-order valence-electron chi connectivity index (χ0n) is 18.6. The molecule has 3 rings (SSSR count). The van der Waals surface area contributed by atoms with Gasteiger partial charge in [-0.25, -0.2) is 5.43 Å². The van der Waals surface area contributed by atoms with E-state index in [9.17, 15) is 28.1 Å². The minimum atomic E-state index is -4.47. The number of halogens is 3. The summed E-state index contributed by atoms with van der Waals surface area (Å²) in [5.74, 6) is -0.544. The number of nitro groups is 1. The zero-order valence-corrected chi connectivity index (χ0v) is 18.6. The van der Waals surface area contributed by atoms with E-state index in [2.05, 4.69) is 15.8 Å². The normalized spacial score (nSPS) is 11.6. The van der Waals surface area contributed by atoms with Crippen LogP contribution >= 0.6 is 0 Å². The Kier molecular flexibility index (Phi) is 7.04. The van der Waals surface area contributed by atoms with Crippen molar-refractivity contribution in [3.05, 3.63) is 86.7 Å². The zero-order chi connectivity index (χ0) is 25.0. The number of hydrazone groups is 1. The summed E-state index contributed by atoms with van der Waals surface area (Å²) in [7, 11) is 0. The molecule has 0 aliphatic rings. The number of anilines is 1. The summed E-state index contributed by atoms with van der Waals surface area (Å²) in [6, 6.07) is 11.0. The number of amides is 1. The van der Waals surface area contributed by atoms with E-state index >= 15 is 0 Å². The first-order valence-electron chi connectivity index (χ1n) is 10.1. The molecule has 1 heterocycles. The van der Waals surface area contributed by atoms with Crippen molar-refractivity contribution in [2.75, 3.05) is 11.9 Å². The lowest BCUT2D eigenvalue weighted by atomic mass is 10.1. The van der Waals surface area contributed by atoms with Gasteiger partial charge in [-0.2, -0.15) is 18.3 Å². The molecule has 0 aliphatic carbocycles. The molecule has 0 spiro atoms. The number of hydrogen-bond donors (Lipinski definition) is 2. The van der Waals surface area contributed by atoms with Crippen LogP contribution in [0.2, 0.25) is 0 Å². The molecule has 0 bridgehead atoms. The number of nitrogens with one attached hydrogen (secondary N) is 2. The van der Waals surface area contributed by atoms with E-state index in [0.717, 1.165) is 29.1 Å². The number of nitrogens with zero attached hydrogens (tertiary/aromatic N) is 3. The fourth-order valence-electron chi connectivity index (χ4n) is 3.44. The molecule has 0 saturated carbocycles. The minimum Gasteiger partial charge on any atom is -0.376 e. The van der Waals surface area contributed by atoms with Gasteiger partial charge in [0.15, 0.2) is 0 Å². The van der Waals surface area contributed by atoms with E-state index in [0.29, 0.717) is 11.3 Å². The summed E-state index contributed by atoms with van der Waals surface area (Å²) >= 11 is 0. The van der Waals surface area contributed by atoms with E-state index in [1.807, 2.05) is 31.4 Å².